The first-order valence-electron chi connectivity index (χ1n) is 4.32. The number of morpholine rings is 1. The zero-order valence-corrected chi connectivity index (χ0v) is 7.43. The molecular weight excluding hydrogens is 188 g/mol. The number of nitrogens with one attached hydrogen (secondary N) is 1. The smallest absolute Gasteiger partial charge is 0.404 e. The van der Waals surface area contributed by atoms with Crippen LogP contribution in [0.1, 0.15) is 11.8 Å². The van der Waals surface area contributed by atoms with Gasteiger partial charge in [0.2, 0.25) is 0 Å². The van der Waals surface area contributed by atoms with Crippen LogP contribution in [0.25, 0.3) is 0 Å². The number of hydrogen-bond acceptors (Lipinski definition) is 5. The van der Waals surface area contributed by atoms with E-state index >= 15 is 0 Å². The van der Waals surface area contributed by atoms with Gasteiger partial charge in [-0.1, -0.05) is 0 Å². The van der Waals surface area contributed by atoms with E-state index in [9.17, 15) is 10.1 Å². The molecule has 0 aromatic carbocycles. The van der Waals surface area contributed by atoms with E-state index < -0.39 is 4.92 Å². The van der Waals surface area contributed by atoms with Gasteiger partial charge in [-0.3, -0.25) is 10.1 Å². The Labute approximate surface area is 80.0 Å². The van der Waals surface area contributed by atoms with Crippen molar-refractivity contribution >= 4 is 5.88 Å². The first-order chi connectivity index (χ1) is 6.77. The highest BCUT2D eigenvalue weighted by Gasteiger charge is 2.21. The number of rotatable bonds is 2. The molecule has 1 aromatic rings. The fourth-order valence-electron chi connectivity index (χ4n) is 1.38. The molecule has 6 heteroatoms. The van der Waals surface area contributed by atoms with Crippen LogP contribution in [-0.2, 0) is 4.74 Å². The quantitative estimate of drug-likeness (QED) is 0.563. The molecule has 2 rings (SSSR count). The fourth-order valence-corrected chi connectivity index (χ4v) is 1.38. The van der Waals surface area contributed by atoms with E-state index in [4.69, 9.17) is 9.15 Å². The van der Waals surface area contributed by atoms with Crippen molar-refractivity contribution < 1.29 is 14.1 Å². The largest absolute Gasteiger partial charge is 0.433 e. The summed E-state index contributed by atoms with van der Waals surface area (Å²) >= 11 is 0. The number of furan rings is 1. The summed E-state index contributed by atoms with van der Waals surface area (Å²) in [6.07, 6.45) is 0. The van der Waals surface area contributed by atoms with E-state index in [0.29, 0.717) is 19.0 Å². The Morgan fingerprint density at radius 2 is 2.43 bits per heavy atom. The van der Waals surface area contributed by atoms with Crippen molar-refractivity contribution in [3.05, 3.63) is 28.0 Å². The molecule has 1 unspecified atom stereocenters. The Hall–Kier alpha value is -1.40. The van der Waals surface area contributed by atoms with Crippen LogP contribution in [-0.4, -0.2) is 24.7 Å². The normalized spacial score (nSPS) is 22.1. The Bertz CT molecular complexity index is 330. The molecule has 14 heavy (non-hydrogen) atoms. The molecule has 2 heterocycles. The van der Waals surface area contributed by atoms with Gasteiger partial charge >= 0.3 is 5.88 Å². The van der Waals surface area contributed by atoms with Gasteiger partial charge in [-0.2, -0.15) is 0 Å². The monoisotopic (exact) mass is 198 g/mol. The average molecular weight is 198 g/mol. The molecule has 6 nitrogen and oxygen atoms in total. The lowest BCUT2D eigenvalue weighted by molar-refractivity contribution is -0.402. The Morgan fingerprint density at radius 1 is 1.57 bits per heavy atom. The van der Waals surface area contributed by atoms with Gasteiger partial charge in [-0.05, 0) is 6.07 Å². The molecule has 0 amide bonds. The highest BCUT2D eigenvalue weighted by atomic mass is 16.6. The standard InChI is InChI=1S/C8H10N2O4/c11-10(12)8-2-1-7(14-8)6-5-13-4-3-9-6/h1-2,6,9H,3-5H2. The third kappa shape index (κ3) is 1.75. The molecule has 0 radical (unpaired) electrons. The van der Waals surface area contributed by atoms with Gasteiger partial charge in [0.05, 0.1) is 25.3 Å². The molecule has 1 aromatic heterocycles. The van der Waals surface area contributed by atoms with E-state index in [-0.39, 0.29) is 11.9 Å². The van der Waals surface area contributed by atoms with Crippen LogP contribution in [0, 0.1) is 10.1 Å². The second-order valence-corrected chi connectivity index (χ2v) is 3.01. The lowest BCUT2D eigenvalue weighted by atomic mass is 10.2. The molecule has 0 spiro atoms. The minimum atomic E-state index is -0.548. The highest BCUT2D eigenvalue weighted by molar-refractivity contribution is 5.20. The lowest BCUT2D eigenvalue weighted by Gasteiger charge is -2.21. The van der Waals surface area contributed by atoms with Crippen molar-refractivity contribution in [1.29, 1.82) is 0 Å². The van der Waals surface area contributed by atoms with E-state index in [1.165, 1.54) is 6.07 Å². The number of nitrogens with zero attached hydrogens (tertiary/aromatic N) is 1. The predicted molar refractivity (Wildman–Crippen MR) is 46.9 cm³/mol. The number of ether oxygens (including phenoxy) is 1. The first-order valence-corrected chi connectivity index (χ1v) is 4.32. The van der Waals surface area contributed by atoms with Gasteiger partial charge in [-0.15, -0.1) is 0 Å². The summed E-state index contributed by atoms with van der Waals surface area (Å²) in [5, 5.41) is 13.5. The molecular formula is C8H10N2O4. The van der Waals surface area contributed by atoms with Gasteiger partial charge in [0.25, 0.3) is 0 Å². The topological polar surface area (TPSA) is 77.5 Å². The average Bonchev–Trinajstić information content (AvgIpc) is 2.68. The summed E-state index contributed by atoms with van der Waals surface area (Å²) in [6, 6.07) is 2.88. The zero-order chi connectivity index (χ0) is 9.97. The van der Waals surface area contributed by atoms with Gasteiger partial charge in [0.15, 0.2) is 0 Å². The van der Waals surface area contributed by atoms with Gasteiger partial charge in [0, 0.05) is 6.54 Å². The summed E-state index contributed by atoms with van der Waals surface area (Å²) in [5.74, 6) is 0.323. The molecule has 0 aliphatic carbocycles. The van der Waals surface area contributed by atoms with E-state index in [0.717, 1.165) is 6.54 Å². The SMILES string of the molecule is O=[N+]([O-])c1ccc(C2COCCN2)o1. The van der Waals surface area contributed by atoms with Gasteiger partial charge in [-0.25, -0.2) is 0 Å². The zero-order valence-electron chi connectivity index (χ0n) is 7.43. The van der Waals surface area contributed by atoms with Crippen LogP contribution < -0.4 is 5.32 Å². The van der Waals surface area contributed by atoms with E-state index in [1.807, 2.05) is 0 Å². The molecule has 1 N–H and O–H groups in total. The third-order valence-corrected chi connectivity index (χ3v) is 2.06. The number of hydrogen-bond donors (Lipinski definition) is 1. The lowest BCUT2D eigenvalue weighted by Crippen LogP contribution is -2.34. The molecule has 0 bridgehead atoms. The third-order valence-electron chi connectivity index (χ3n) is 2.06. The van der Waals surface area contributed by atoms with Crippen LogP contribution in [0.3, 0.4) is 0 Å². The van der Waals surface area contributed by atoms with E-state index in [1.54, 1.807) is 6.07 Å². The van der Waals surface area contributed by atoms with E-state index in [2.05, 4.69) is 5.32 Å². The van der Waals surface area contributed by atoms with Crippen molar-refractivity contribution in [2.75, 3.05) is 19.8 Å². The Balaban J connectivity index is 2.11. The van der Waals surface area contributed by atoms with Crippen molar-refractivity contribution in [2.24, 2.45) is 0 Å². The fraction of sp³-hybridized carbons (Fsp3) is 0.500. The maximum Gasteiger partial charge on any atom is 0.433 e. The summed E-state index contributed by atoms with van der Waals surface area (Å²) in [4.78, 5) is 9.81. The van der Waals surface area contributed by atoms with Crippen molar-refractivity contribution in [3.63, 3.8) is 0 Å². The predicted octanol–water partition coefficient (Wildman–Crippen LogP) is 0.849. The van der Waals surface area contributed by atoms with Crippen molar-refractivity contribution in [3.8, 4) is 0 Å². The first kappa shape index (κ1) is 9.17. The second-order valence-electron chi connectivity index (χ2n) is 3.01. The molecule has 0 saturated carbocycles. The maximum absolute atomic E-state index is 10.4. The van der Waals surface area contributed by atoms with Crippen LogP contribution >= 0.6 is 0 Å². The summed E-state index contributed by atoms with van der Waals surface area (Å²) < 4.78 is 10.3. The van der Waals surface area contributed by atoms with Crippen LogP contribution in [0.2, 0.25) is 0 Å². The van der Waals surface area contributed by atoms with Gasteiger partial charge in [0.1, 0.15) is 10.7 Å². The summed E-state index contributed by atoms with van der Waals surface area (Å²) in [5.41, 5.74) is 0. The maximum atomic E-state index is 10.4. The molecule has 1 atom stereocenters. The van der Waals surface area contributed by atoms with Crippen molar-refractivity contribution in [2.45, 2.75) is 6.04 Å². The molecule has 1 fully saturated rings. The molecule has 1 aliphatic rings. The second kappa shape index (κ2) is 3.77. The molecule has 1 saturated heterocycles. The molecule has 1 aliphatic heterocycles. The van der Waals surface area contributed by atoms with Crippen molar-refractivity contribution in [1.82, 2.24) is 5.32 Å². The summed E-state index contributed by atoms with van der Waals surface area (Å²) in [6.45, 7) is 1.89. The van der Waals surface area contributed by atoms with Crippen LogP contribution in [0.5, 0.6) is 0 Å². The Kier molecular flexibility index (Phi) is 2.47. The highest BCUT2D eigenvalue weighted by Crippen LogP contribution is 2.22. The molecule has 76 valence electrons. The van der Waals surface area contributed by atoms with Crippen LogP contribution in [0.15, 0.2) is 16.5 Å². The minimum absolute atomic E-state index is 0.0718. The Morgan fingerprint density at radius 3 is 3.00 bits per heavy atom. The van der Waals surface area contributed by atoms with Crippen LogP contribution in [0.4, 0.5) is 5.88 Å². The summed E-state index contributed by atoms with van der Waals surface area (Å²) in [7, 11) is 0. The number of nitro groups is 1. The minimum Gasteiger partial charge on any atom is -0.404 e. The van der Waals surface area contributed by atoms with Gasteiger partial charge < -0.3 is 14.5 Å².